The van der Waals surface area contributed by atoms with Gasteiger partial charge in [0.25, 0.3) is 0 Å². The Labute approximate surface area is 164 Å². The van der Waals surface area contributed by atoms with Crippen LogP contribution >= 0.6 is 23.2 Å². The van der Waals surface area contributed by atoms with Gasteiger partial charge in [0.2, 0.25) is 10.5 Å². The molecule has 1 aliphatic rings. The van der Waals surface area contributed by atoms with Crippen LogP contribution in [0.2, 0.25) is 0 Å². The fourth-order valence-electron chi connectivity index (χ4n) is 4.27. The van der Waals surface area contributed by atoms with Gasteiger partial charge in [-0.15, -0.1) is 0 Å². The van der Waals surface area contributed by atoms with E-state index in [1.165, 1.54) is 57.8 Å². The first-order valence-corrected chi connectivity index (χ1v) is 11.2. The average molecular weight is 391 g/mol. The maximum absolute atomic E-state index is 11.9. The standard InChI is InChI=1S/C21H36Cl2O2/c1-2-3-4-8-11-17-14-15-18(19(16-17)21(23)25)12-9-6-5-7-10-13-20(22)24/h17-19H,2-16H2,1H3. The minimum absolute atomic E-state index is 0.0838. The number of carbonyl (C=O) groups is 2. The minimum Gasteiger partial charge on any atom is -0.281 e. The largest absolute Gasteiger partial charge is 0.281 e. The lowest BCUT2D eigenvalue weighted by molar-refractivity contribution is -0.118. The zero-order chi connectivity index (χ0) is 18.5. The molecule has 0 aromatic rings. The van der Waals surface area contributed by atoms with Gasteiger partial charge in [-0.25, -0.2) is 0 Å². The summed E-state index contributed by atoms with van der Waals surface area (Å²) in [6, 6.07) is 0. The highest BCUT2D eigenvalue weighted by Crippen LogP contribution is 2.40. The lowest BCUT2D eigenvalue weighted by Gasteiger charge is -2.34. The molecule has 2 nitrogen and oxygen atoms in total. The van der Waals surface area contributed by atoms with Gasteiger partial charge in [-0.2, -0.15) is 0 Å². The number of rotatable bonds is 14. The van der Waals surface area contributed by atoms with Gasteiger partial charge in [0.05, 0.1) is 0 Å². The second-order valence-corrected chi connectivity index (χ2v) is 8.65. The summed E-state index contributed by atoms with van der Waals surface area (Å²) in [5, 5.41) is -0.334. The summed E-state index contributed by atoms with van der Waals surface area (Å²) in [5.74, 6) is 1.27. The molecule has 25 heavy (non-hydrogen) atoms. The molecule has 3 atom stereocenters. The molecule has 0 heterocycles. The molecule has 4 heteroatoms. The van der Waals surface area contributed by atoms with Gasteiger partial charge in [0.1, 0.15) is 0 Å². The van der Waals surface area contributed by atoms with E-state index in [2.05, 4.69) is 6.92 Å². The van der Waals surface area contributed by atoms with Crippen molar-refractivity contribution in [1.82, 2.24) is 0 Å². The van der Waals surface area contributed by atoms with E-state index in [1.807, 2.05) is 0 Å². The van der Waals surface area contributed by atoms with Crippen molar-refractivity contribution in [2.45, 2.75) is 103 Å². The molecule has 0 spiro atoms. The smallest absolute Gasteiger partial charge is 0.225 e. The summed E-state index contributed by atoms with van der Waals surface area (Å²) in [6.07, 6.45) is 17.0. The maximum Gasteiger partial charge on any atom is 0.225 e. The predicted molar refractivity (Wildman–Crippen MR) is 107 cm³/mol. The molecular weight excluding hydrogens is 355 g/mol. The molecule has 0 aromatic carbocycles. The van der Waals surface area contributed by atoms with E-state index in [-0.39, 0.29) is 16.4 Å². The molecule has 1 saturated carbocycles. The van der Waals surface area contributed by atoms with Crippen molar-refractivity contribution >= 4 is 33.7 Å². The zero-order valence-corrected chi connectivity index (χ0v) is 17.4. The van der Waals surface area contributed by atoms with Gasteiger partial charge in [0.15, 0.2) is 0 Å². The van der Waals surface area contributed by atoms with Crippen molar-refractivity contribution in [2.24, 2.45) is 17.8 Å². The lowest BCUT2D eigenvalue weighted by Crippen LogP contribution is -2.29. The molecule has 1 fully saturated rings. The van der Waals surface area contributed by atoms with Crippen molar-refractivity contribution in [2.75, 3.05) is 0 Å². The van der Waals surface area contributed by atoms with Crippen molar-refractivity contribution in [1.29, 1.82) is 0 Å². The van der Waals surface area contributed by atoms with Crippen LogP contribution in [0.1, 0.15) is 103 Å². The molecule has 0 N–H and O–H groups in total. The summed E-state index contributed by atoms with van der Waals surface area (Å²) in [5.41, 5.74) is 0. The molecule has 146 valence electrons. The number of hydrogen-bond acceptors (Lipinski definition) is 2. The molecule has 3 unspecified atom stereocenters. The van der Waals surface area contributed by atoms with Crippen LogP contribution in [-0.4, -0.2) is 10.5 Å². The first-order valence-electron chi connectivity index (χ1n) is 10.4. The van der Waals surface area contributed by atoms with E-state index in [9.17, 15) is 9.59 Å². The third kappa shape index (κ3) is 10.6. The molecular formula is C21H36Cl2O2. The van der Waals surface area contributed by atoms with Crippen molar-refractivity contribution < 1.29 is 9.59 Å². The monoisotopic (exact) mass is 390 g/mol. The Morgan fingerprint density at radius 2 is 1.48 bits per heavy atom. The zero-order valence-electron chi connectivity index (χ0n) is 15.9. The highest BCUT2D eigenvalue weighted by molar-refractivity contribution is 6.64. The highest BCUT2D eigenvalue weighted by Gasteiger charge is 2.33. The predicted octanol–water partition coefficient (Wildman–Crippen LogP) is 7.25. The van der Waals surface area contributed by atoms with E-state index in [0.29, 0.717) is 18.3 Å². The van der Waals surface area contributed by atoms with Gasteiger partial charge >= 0.3 is 0 Å². The van der Waals surface area contributed by atoms with E-state index < -0.39 is 0 Å². The Balaban J connectivity index is 2.21. The quantitative estimate of drug-likeness (QED) is 0.231. The second kappa shape index (κ2) is 14.0. The molecule has 0 radical (unpaired) electrons. The molecule has 0 bridgehead atoms. The highest BCUT2D eigenvalue weighted by atomic mass is 35.5. The summed E-state index contributed by atoms with van der Waals surface area (Å²) >= 11 is 11.3. The van der Waals surface area contributed by atoms with Crippen LogP contribution in [0, 0.1) is 17.8 Å². The Hall–Kier alpha value is -0.0800. The fourth-order valence-corrected chi connectivity index (χ4v) is 4.67. The van der Waals surface area contributed by atoms with E-state index in [1.54, 1.807) is 0 Å². The molecule has 0 saturated heterocycles. The van der Waals surface area contributed by atoms with E-state index in [4.69, 9.17) is 23.2 Å². The number of hydrogen-bond donors (Lipinski definition) is 0. The molecule has 0 aromatic heterocycles. The number of carbonyl (C=O) groups excluding carboxylic acids is 2. The topological polar surface area (TPSA) is 34.1 Å². The molecule has 1 aliphatic carbocycles. The third-order valence-electron chi connectivity index (χ3n) is 5.81. The van der Waals surface area contributed by atoms with Crippen LogP contribution in [0.4, 0.5) is 0 Å². The summed E-state index contributed by atoms with van der Waals surface area (Å²) in [6.45, 7) is 2.24. The maximum atomic E-state index is 11.9. The van der Waals surface area contributed by atoms with Gasteiger partial charge < -0.3 is 0 Å². The Morgan fingerprint density at radius 1 is 0.840 bits per heavy atom. The van der Waals surface area contributed by atoms with Crippen molar-refractivity contribution in [3.05, 3.63) is 0 Å². The Kier molecular flexibility index (Phi) is 12.9. The number of unbranched alkanes of at least 4 members (excludes halogenated alkanes) is 7. The van der Waals surface area contributed by atoms with E-state index in [0.717, 1.165) is 32.1 Å². The van der Waals surface area contributed by atoms with Crippen LogP contribution in [-0.2, 0) is 9.59 Å². The molecule has 0 amide bonds. The van der Waals surface area contributed by atoms with Crippen molar-refractivity contribution in [3.63, 3.8) is 0 Å². The molecule has 1 rings (SSSR count). The van der Waals surface area contributed by atoms with Gasteiger partial charge in [-0.05, 0) is 60.7 Å². The first kappa shape index (κ1) is 23.0. The summed E-state index contributed by atoms with van der Waals surface area (Å²) < 4.78 is 0. The fraction of sp³-hybridized carbons (Fsp3) is 0.905. The minimum atomic E-state index is -0.227. The SMILES string of the molecule is CCCCCCC1CCC(CCCCCCCC(=O)Cl)C(C(=O)Cl)C1. The van der Waals surface area contributed by atoms with E-state index >= 15 is 0 Å². The van der Waals surface area contributed by atoms with Gasteiger partial charge in [0, 0.05) is 12.3 Å². The van der Waals surface area contributed by atoms with Gasteiger partial charge in [-0.1, -0.05) is 71.1 Å². The summed E-state index contributed by atoms with van der Waals surface area (Å²) in [7, 11) is 0. The van der Waals surface area contributed by atoms with Crippen LogP contribution < -0.4 is 0 Å². The Bertz CT molecular complexity index is 384. The Morgan fingerprint density at radius 3 is 2.16 bits per heavy atom. The molecule has 0 aliphatic heterocycles. The van der Waals surface area contributed by atoms with Crippen LogP contribution in [0.25, 0.3) is 0 Å². The lowest BCUT2D eigenvalue weighted by atomic mass is 9.71. The number of halogens is 2. The van der Waals surface area contributed by atoms with Crippen LogP contribution in [0.15, 0.2) is 0 Å². The average Bonchev–Trinajstić information content (AvgIpc) is 2.58. The normalized spacial score (nSPS) is 23.6. The third-order valence-corrected chi connectivity index (χ3v) is 6.28. The second-order valence-electron chi connectivity index (χ2n) is 7.86. The van der Waals surface area contributed by atoms with Gasteiger partial charge in [-0.3, -0.25) is 9.59 Å². The van der Waals surface area contributed by atoms with Crippen molar-refractivity contribution in [3.8, 4) is 0 Å². The first-order chi connectivity index (χ1) is 12.0. The van der Waals surface area contributed by atoms with Crippen LogP contribution in [0.5, 0.6) is 0 Å². The van der Waals surface area contributed by atoms with Crippen LogP contribution in [0.3, 0.4) is 0 Å². The summed E-state index contributed by atoms with van der Waals surface area (Å²) in [4.78, 5) is 22.6.